The van der Waals surface area contributed by atoms with Gasteiger partial charge in [0.25, 0.3) is 15.7 Å². The highest BCUT2D eigenvalue weighted by Crippen LogP contribution is 2.20. The highest BCUT2D eigenvalue weighted by atomic mass is 32.2. The van der Waals surface area contributed by atoms with Crippen molar-refractivity contribution < 1.29 is 13.0 Å². The van der Waals surface area contributed by atoms with Gasteiger partial charge in [-0.2, -0.15) is 8.42 Å². The van der Waals surface area contributed by atoms with E-state index in [1.165, 1.54) is 18.2 Å². The molecule has 7 nitrogen and oxygen atoms in total. The number of nitrogen functional groups attached to an aromatic ring is 1. The second-order valence-electron chi connectivity index (χ2n) is 3.81. The zero-order valence-corrected chi connectivity index (χ0v) is 10.2. The summed E-state index contributed by atoms with van der Waals surface area (Å²) in [5.74, 6) is 0. The number of anilines is 1. The van der Waals surface area contributed by atoms with Crippen molar-refractivity contribution >= 4 is 15.8 Å². The van der Waals surface area contributed by atoms with Gasteiger partial charge < -0.3 is 5.73 Å². The molecule has 0 radical (unpaired) electrons. The maximum Gasteiger partial charge on any atom is 0.296 e. The molecule has 1 heterocycles. The van der Waals surface area contributed by atoms with Crippen LogP contribution in [0.5, 0.6) is 0 Å². The van der Waals surface area contributed by atoms with Crippen molar-refractivity contribution in [3.05, 3.63) is 40.3 Å². The lowest BCUT2D eigenvalue weighted by Crippen LogP contribution is -2.14. The maximum absolute atomic E-state index is 11.6. The van der Waals surface area contributed by atoms with Gasteiger partial charge in [0, 0.05) is 11.8 Å². The van der Waals surface area contributed by atoms with Crippen LogP contribution in [0.1, 0.15) is 5.69 Å². The summed E-state index contributed by atoms with van der Waals surface area (Å²) in [5, 5.41) is 2.75. The van der Waals surface area contributed by atoms with E-state index in [4.69, 9.17) is 10.3 Å². The van der Waals surface area contributed by atoms with E-state index >= 15 is 0 Å². The third-order valence-electron chi connectivity index (χ3n) is 2.38. The largest absolute Gasteiger partial charge is 0.398 e. The highest BCUT2D eigenvalue weighted by molar-refractivity contribution is 7.86. The molecule has 0 saturated heterocycles. The lowest BCUT2D eigenvalue weighted by molar-refractivity contribution is 0.483. The third kappa shape index (κ3) is 2.15. The number of aromatic nitrogens is 2. The van der Waals surface area contributed by atoms with Gasteiger partial charge in [0.1, 0.15) is 4.90 Å². The minimum absolute atomic E-state index is 0.0856. The summed E-state index contributed by atoms with van der Waals surface area (Å²) in [6.07, 6.45) is 0. The van der Waals surface area contributed by atoms with Crippen LogP contribution in [-0.4, -0.2) is 22.8 Å². The number of nitrogens with two attached hydrogens (primary N) is 1. The van der Waals surface area contributed by atoms with E-state index in [1.54, 1.807) is 6.92 Å². The Hall–Kier alpha value is -2.06. The molecule has 96 valence electrons. The molecule has 2 aromatic rings. The van der Waals surface area contributed by atoms with Gasteiger partial charge in [-0.25, -0.2) is 4.68 Å². The summed E-state index contributed by atoms with van der Waals surface area (Å²) in [6.45, 7) is 1.69. The first-order valence-corrected chi connectivity index (χ1v) is 6.39. The normalized spacial score (nSPS) is 11.7. The molecule has 0 aliphatic carbocycles. The van der Waals surface area contributed by atoms with Gasteiger partial charge in [0.05, 0.1) is 11.4 Å². The Morgan fingerprint density at radius 3 is 2.50 bits per heavy atom. The van der Waals surface area contributed by atoms with Crippen LogP contribution in [-0.2, 0) is 10.1 Å². The number of hydrogen-bond donors (Lipinski definition) is 3. The van der Waals surface area contributed by atoms with E-state index in [1.807, 2.05) is 0 Å². The SMILES string of the molecule is Cc1cc(=O)n(-c2ccc(N)c(S(=O)(=O)O)c2)[nH]1. The number of aryl methyl sites for hydroxylation is 1. The van der Waals surface area contributed by atoms with E-state index in [0.29, 0.717) is 5.69 Å². The fourth-order valence-corrected chi connectivity index (χ4v) is 2.23. The Labute approximate surface area is 103 Å². The van der Waals surface area contributed by atoms with Crippen LogP contribution in [0.3, 0.4) is 0 Å². The first-order chi connectivity index (χ1) is 8.29. The van der Waals surface area contributed by atoms with Crippen LogP contribution in [0.25, 0.3) is 5.69 Å². The van der Waals surface area contributed by atoms with Crippen LogP contribution in [0.2, 0.25) is 0 Å². The molecular formula is C10H11N3O4S. The molecule has 1 aromatic heterocycles. The molecule has 0 saturated carbocycles. The average molecular weight is 269 g/mol. The first-order valence-electron chi connectivity index (χ1n) is 4.95. The zero-order valence-electron chi connectivity index (χ0n) is 9.41. The quantitative estimate of drug-likeness (QED) is 0.535. The minimum atomic E-state index is -4.42. The number of benzene rings is 1. The average Bonchev–Trinajstić information content (AvgIpc) is 2.57. The molecule has 18 heavy (non-hydrogen) atoms. The number of nitrogens with one attached hydrogen (secondary N) is 1. The summed E-state index contributed by atoms with van der Waals surface area (Å²) in [7, 11) is -4.42. The summed E-state index contributed by atoms with van der Waals surface area (Å²) in [4.78, 5) is 11.1. The van der Waals surface area contributed by atoms with Crippen molar-refractivity contribution in [1.82, 2.24) is 9.78 Å². The number of hydrogen-bond acceptors (Lipinski definition) is 4. The molecule has 2 rings (SSSR count). The van der Waals surface area contributed by atoms with Crippen molar-refractivity contribution in [2.75, 3.05) is 5.73 Å². The summed E-state index contributed by atoms with van der Waals surface area (Å²) in [5.41, 5.74) is 5.94. The van der Waals surface area contributed by atoms with Gasteiger partial charge in [0.15, 0.2) is 0 Å². The lowest BCUT2D eigenvalue weighted by Gasteiger charge is -2.06. The minimum Gasteiger partial charge on any atom is -0.398 e. The smallest absolute Gasteiger partial charge is 0.296 e. The summed E-state index contributed by atoms with van der Waals surface area (Å²) < 4.78 is 32.4. The predicted octanol–water partition coefficient (Wildman–Crippen LogP) is 0.303. The standard InChI is InChI=1S/C10H11N3O4S/c1-6-4-10(14)13(12-6)7-2-3-8(11)9(5-7)18(15,16)17/h2-5,12H,11H2,1H3,(H,15,16,17). The molecule has 0 aliphatic rings. The van der Waals surface area contributed by atoms with Crippen LogP contribution < -0.4 is 11.3 Å². The fourth-order valence-electron chi connectivity index (χ4n) is 1.59. The second-order valence-corrected chi connectivity index (χ2v) is 5.20. The monoisotopic (exact) mass is 269 g/mol. The van der Waals surface area contributed by atoms with Gasteiger partial charge in [0.2, 0.25) is 0 Å². The van der Waals surface area contributed by atoms with Gasteiger partial charge in [-0.1, -0.05) is 0 Å². The Morgan fingerprint density at radius 2 is 2.00 bits per heavy atom. The van der Waals surface area contributed by atoms with Gasteiger partial charge in [-0.05, 0) is 25.1 Å². The lowest BCUT2D eigenvalue weighted by atomic mass is 10.3. The molecule has 0 spiro atoms. The van der Waals surface area contributed by atoms with E-state index in [0.717, 1.165) is 10.7 Å². The summed E-state index contributed by atoms with van der Waals surface area (Å²) >= 11 is 0. The molecule has 1 aromatic carbocycles. The second kappa shape index (κ2) is 4.00. The Kier molecular flexibility index (Phi) is 2.76. The Bertz CT molecular complexity index is 758. The van der Waals surface area contributed by atoms with Crippen molar-refractivity contribution in [2.24, 2.45) is 0 Å². The molecule has 8 heteroatoms. The van der Waals surface area contributed by atoms with Gasteiger partial charge in [-0.3, -0.25) is 14.4 Å². The van der Waals surface area contributed by atoms with Crippen LogP contribution in [0, 0.1) is 6.92 Å². The third-order valence-corrected chi connectivity index (χ3v) is 3.29. The van der Waals surface area contributed by atoms with Crippen LogP contribution in [0.4, 0.5) is 5.69 Å². The molecular weight excluding hydrogens is 258 g/mol. The molecule has 4 N–H and O–H groups in total. The zero-order chi connectivity index (χ0) is 13.5. The van der Waals surface area contributed by atoms with E-state index < -0.39 is 15.0 Å². The van der Waals surface area contributed by atoms with Crippen molar-refractivity contribution in [1.29, 1.82) is 0 Å². The van der Waals surface area contributed by atoms with Crippen molar-refractivity contribution in [2.45, 2.75) is 11.8 Å². The van der Waals surface area contributed by atoms with E-state index in [2.05, 4.69) is 5.10 Å². The number of aromatic amines is 1. The van der Waals surface area contributed by atoms with Crippen LogP contribution >= 0.6 is 0 Å². The predicted molar refractivity (Wildman–Crippen MR) is 65.4 cm³/mol. The van der Waals surface area contributed by atoms with E-state index in [-0.39, 0.29) is 16.9 Å². The van der Waals surface area contributed by atoms with Crippen molar-refractivity contribution in [3.63, 3.8) is 0 Å². The molecule has 0 aliphatic heterocycles. The number of H-pyrrole nitrogens is 1. The van der Waals surface area contributed by atoms with Crippen molar-refractivity contribution in [3.8, 4) is 5.69 Å². The molecule has 0 amide bonds. The first kappa shape index (κ1) is 12.4. The molecule has 0 bridgehead atoms. The molecule has 0 atom stereocenters. The highest BCUT2D eigenvalue weighted by Gasteiger charge is 2.15. The molecule has 0 unspecified atom stereocenters. The number of nitrogens with zero attached hydrogens (tertiary/aromatic N) is 1. The topological polar surface area (TPSA) is 118 Å². The Balaban J connectivity index is 2.69. The van der Waals surface area contributed by atoms with Gasteiger partial charge in [-0.15, -0.1) is 0 Å². The van der Waals surface area contributed by atoms with Crippen LogP contribution in [0.15, 0.2) is 34.0 Å². The maximum atomic E-state index is 11.6. The summed E-state index contributed by atoms with van der Waals surface area (Å²) in [6, 6.07) is 5.27. The Morgan fingerprint density at radius 1 is 1.33 bits per heavy atom. The number of rotatable bonds is 2. The van der Waals surface area contributed by atoms with E-state index in [9.17, 15) is 13.2 Å². The molecule has 0 fully saturated rings. The van der Waals surface area contributed by atoms with Gasteiger partial charge >= 0.3 is 0 Å². The fraction of sp³-hybridized carbons (Fsp3) is 0.100.